The van der Waals surface area contributed by atoms with Gasteiger partial charge in [-0.25, -0.2) is 0 Å². The van der Waals surface area contributed by atoms with E-state index in [2.05, 4.69) is 0 Å². The van der Waals surface area contributed by atoms with Crippen LogP contribution >= 0.6 is 21.6 Å². The van der Waals surface area contributed by atoms with Gasteiger partial charge in [-0.2, -0.15) is 0 Å². The van der Waals surface area contributed by atoms with Crippen molar-refractivity contribution in [1.29, 1.82) is 0 Å². The van der Waals surface area contributed by atoms with Gasteiger partial charge in [0.1, 0.15) is 18.1 Å². The maximum absolute atomic E-state index is 10.3. The van der Waals surface area contributed by atoms with E-state index in [9.17, 15) is 14.4 Å². The van der Waals surface area contributed by atoms with E-state index in [1.165, 1.54) is 21.6 Å². The third kappa shape index (κ3) is 15.7. The van der Waals surface area contributed by atoms with Crippen LogP contribution in [0, 0.1) is 5.92 Å². The van der Waals surface area contributed by atoms with Crippen LogP contribution in [0.4, 0.5) is 0 Å². The summed E-state index contributed by atoms with van der Waals surface area (Å²) < 4.78 is 0. The average molecular weight is 371 g/mol. The molecule has 3 atom stereocenters. The molecule has 136 valence electrons. The number of carboxylic acids is 3. The summed E-state index contributed by atoms with van der Waals surface area (Å²) in [5.41, 5.74) is 15.6. The number of hydrogen-bond donors (Lipinski definition) is 6. The van der Waals surface area contributed by atoms with Crippen LogP contribution in [-0.4, -0.2) is 62.9 Å². The summed E-state index contributed by atoms with van der Waals surface area (Å²) in [5, 5.41) is 25.1. The van der Waals surface area contributed by atoms with Gasteiger partial charge in [0.2, 0.25) is 0 Å². The Hall–Kier alpha value is -1.01. The van der Waals surface area contributed by atoms with Crippen molar-refractivity contribution < 1.29 is 29.7 Å². The third-order valence-electron chi connectivity index (χ3n) is 2.26. The van der Waals surface area contributed by atoms with Gasteiger partial charge in [-0.1, -0.05) is 35.4 Å². The van der Waals surface area contributed by atoms with Gasteiger partial charge in [-0.3, -0.25) is 14.4 Å². The molecule has 3 unspecified atom stereocenters. The predicted molar refractivity (Wildman–Crippen MR) is 91.2 cm³/mol. The lowest BCUT2D eigenvalue weighted by Gasteiger charge is -2.07. The van der Waals surface area contributed by atoms with Crippen LogP contribution in [0.1, 0.15) is 20.3 Å². The molecule has 0 saturated carbocycles. The van der Waals surface area contributed by atoms with Crippen LogP contribution in [-0.2, 0) is 14.4 Å². The molecule has 0 fully saturated rings. The quantitative estimate of drug-likeness (QED) is 0.217. The van der Waals surface area contributed by atoms with Crippen LogP contribution in [0.5, 0.6) is 0 Å². The van der Waals surface area contributed by atoms with Gasteiger partial charge in [-0.05, 0) is 12.3 Å². The van der Waals surface area contributed by atoms with Crippen molar-refractivity contribution >= 4 is 39.5 Å². The molecule has 0 radical (unpaired) electrons. The van der Waals surface area contributed by atoms with E-state index in [-0.39, 0.29) is 11.5 Å². The standard InChI is InChI=1S/C6H12N2O4S2.C6H13NO2/c7-3(5(9)10)1-13-14-2-4(8)6(11)12;1-4(2)3-5(7)6(8)9/h3-4H,1-2,7-8H2,(H,9,10)(H,11,12);4-5H,3,7H2,1-2H3,(H,8,9). The summed E-state index contributed by atoms with van der Waals surface area (Å²) in [6, 6.07) is -2.54. The van der Waals surface area contributed by atoms with Crippen LogP contribution in [0.3, 0.4) is 0 Å². The second-order valence-electron chi connectivity index (χ2n) is 5.03. The zero-order valence-electron chi connectivity index (χ0n) is 13.0. The number of rotatable bonds is 10. The van der Waals surface area contributed by atoms with E-state index >= 15 is 0 Å². The van der Waals surface area contributed by atoms with Crippen molar-refractivity contribution in [2.24, 2.45) is 23.1 Å². The molecule has 0 saturated heterocycles. The highest BCUT2D eigenvalue weighted by molar-refractivity contribution is 8.76. The molecule has 9 nitrogen and oxygen atoms in total. The normalized spacial score (nSPS) is 14.3. The maximum atomic E-state index is 10.3. The van der Waals surface area contributed by atoms with Crippen LogP contribution < -0.4 is 17.2 Å². The second-order valence-corrected chi connectivity index (χ2v) is 7.59. The molecule has 0 spiro atoms. The molecule has 0 bridgehead atoms. The van der Waals surface area contributed by atoms with Crippen LogP contribution in [0.25, 0.3) is 0 Å². The highest BCUT2D eigenvalue weighted by Crippen LogP contribution is 2.22. The molecule has 0 aliphatic heterocycles. The zero-order chi connectivity index (χ0) is 18.6. The van der Waals surface area contributed by atoms with Crippen LogP contribution in [0.2, 0.25) is 0 Å². The molecule has 0 aliphatic carbocycles. The number of nitrogens with two attached hydrogens (primary N) is 3. The Kier molecular flexibility index (Phi) is 14.2. The summed E-state index contributed by atoms with van der Waals surface area (Å²) in [6.45, 7) is 3.89. The second kappa shape index (κ2) is 13.4. The largest absolute Gasteiger partial charge is 0.480 e. The Labute approximate surface area is 142 Å². The molecule has 9 N–H and O–H groups in total. The minimum absolute atomic E-state index is 0.229. The molecule has 0 aromatic carbocycles. The van der Waals surface area contributed by atoms with E-state index in [1.807, 2.05) is 13.8 Å². The molecule has 0 aromatic rings. The number of aliphatic carboxylic acids is 3. The van der Waals surface area contributed by atoms with Crippen molar-refractivity contribution in [3.05, 3.63) is 0 Å². The lowest BCUT2D eigenvalue weighted by molar-refractivity contribution is -0.139. The van der Waals surface area contributed by atoms with Gasteiger partial charge in [0.15, 0.2) is 0 Å². The summed E-state index contributed by atoms with van der Waals surface area (Å²) in [6.07, 6.45) is 0.551. The first-order valence-corrected chi connectivity index (χ1v) is 9.17. The van der Waals surface area contributed by atoms with E-state index in [0.717, 1.165) is 0 Å². The first kappa shape index (κ1) is 24.2. The molecular formula is C12H25N3O6S2. The molecule has 0 aliphatic rings. The summed E-state index contributed by atoms with van der Waals surface area (Å²) >= 11 is 0. The van der Waals surface area contributed by atoms with Gasteiger partial charge < -0.3 is 32.5 Å². The molecule has 11 heteroatoms. The topological polar surface area (TPSA) is 190 Å². The van der Waals surface area contributed by atoms with Gasteiger partial charge in [-0.15, -0.1) is 0 Å². The minimum atomic E-state index is -1.07. The van der Waals surface area contributed by atoms with E-state index in [1.54, 1.807) is 0 Å². The highest BCUT2D eigenvalue weighted by Gasteiger charge is 2.14. The zero-order valence-corrected chi connectivity index (χ0v) is 14.7. The Morgan fingerprint density at radius 1 is 0.783 bits per heavy atom. The molecule has 0 amide bonds. The van der Waals surface area contributed by atoms with Crippen molar-refractivity contribution in [1.82, 2.24) is 0 Å². The van der Waals surface area contributed by atoms with E-state index < -0.39 is 36.0 Å². The average Bonchev–Trinajstić information content (AvgIpc) is 2.42. The van der Waals surface area contributed by atoms with Gasteiger partial charge in [0, 0.05) is 11.5 Å². The Morgan fingerprint density at radius 3 is 1.26 bits per heavy atom. The highest BCUT2D eigenvalue weighted by atomic mass is 33.1. The summed E-state index contributed by atoms with van der Waals surface area (Å²) in [5.74, 6) is -2.24. The first-order valence-electron chi connectivity index (χ1n) is 6.68. The SMILES string of the molecule is CC(C)CC(N)C(=O)O.NC(CSSCC(N)C(=O)O)C(=O)O. The maximum Gasteiger partial charge on any atom is 0.321 e. The summed E-state index contributed by atoms with van der Waals surface area (Å²) in [4.78, 5) is 30.6. The van der Waals surface area contributed by atoms with Crippen LogP contribution in [0.15, 0.2) is 0 Å². The lowest BCUT2D eigenvalue weighted by atomic mass is 10.1. The fraction of sp³-hybridized carbons (Fsp3) is 0.750. The minimum Gasteiger partial charge on any atom is -0.480 e. The van der Waals surface area contributed by atoms with Gasteiger partial charge in [0.05, 0.1) is 0 Å². The van der Waals surface area contributed by atoms with Crippen molar-refractivity contribution in [3.8, 4) is 0 Å². The fourth-order valence-corrected chi connectivity index (χ4v) is 3.22. The molecule has 0 aromatic heterocycles. The molecule has 0 rings (SSSR count). The fourth-order valence-electron chi connectivity index (χ4n) is 0.994. The van der Waals surface area contributed by atoms with Gasteiger partial charge in [0.25, 0.3) is 0 Å². The third-order valence-corrected chi connectivity index (χ3v) is 4.73. The van der Waals surface area contributed by atoms with Gasteiger partial charge >= 0.3 is 17.9 Å². The first-order chi connectivity index (χ1) is 10.5. The lowest BCUT2D eigenvalue weighted by Crippen LogP contribution is -2.33. The molecule has 0 heterocycles. The van der Waals surface area contributed by atoms with E-state index in [4.69, 9.17) is 32.5 Å². The number of carboxylic acid groups (broad SMARTS) is 3. The Bertz CT molecular complexity index is 362. The van der Waals surface area contributed by atoms with Crippen molar-refractivity contribution in [2.75, 3.05) is 11.5 Å². The monoisotopic (exact) mass is 371 g/mol. The number of hydrogen-bond acceptors (Lipinski definition) is 8. The summed E-state index contributed by atoms with van der Waals surface area (Å²) in [7, 11) is 2.41. The Balaban J connectivity index is 0. The predicted octanol–water partition coefficient (Wildman–Crippen LogP) is -0.364. The molecule has 23 heavy (non-hydrogen) atoms. The number of carbonyl (C=O) groups is 3. The van der Waals surface area contributed by atoms with Crippen molar-refractivity contribution in [3.63, 3.8) is 0 Å². The smallest absolute Gasteiger partial charge is 0.321 e. The van der Waals surface area contributed by atoms with Crippen molar-refractivity contribution in [2.45, 2.75) is 38.4 Å². The Morgan fingerprint density at radius 2 is 1.09 bits per heavy atom. The van der Waals surface area contributed by atoms with E-state index in [0.29, 0.717) is 12.3 Å². The molecular weight excluding hydrogens is 346 g/mol.